The average molecular weight is 360 g/mol. The maximum absolute atomic E-state index is 12.5. The Balaban J connectivity index is 1.39. The highest BCUT2D eigenvalue weighted by Gasteiger charge is 2.38. The first kappa shape index (κ1) is 16.6. The number of ether oxygens (including phenoxy) is 1. The van der Waals surface area contributed by atoms with E-state index in [1.165, 1.54) is 6.42 Å². The summed E-state index contributed by atoms with van der Waals surface area (Å²) in [7, 11) is 0. The zero-order chi connectivity index (χ0) is 17.3. The molecule has 2 aliphatic rings. The molecular weight excluding hydrogens is 338 g/mol. The molecule has 2 aromatic rings. The van der Waals surface area contributed by atoms with E-state index in [1.54, 1.807) is 18.3 Å². The number of likely N-dealkylation sites (tertiary alicyclic amines) is 1. The molecule has 0 radical (unpaired) electrons. The van der Waals surface area contributed by atoms with E-state index in [9.17, 15) is 4.79 Å². The van der Waals surface area contributed by atoms with Crippen LogP contribution >= 0.6 is 11.6 Å². The van der Waals surface area contributed by atoms with Crippen LogP contribution in [-0.2, 0) is 4.79 Å². The fourth-order valence-electron chi connectivity index (χ4n) is 3.91. The monoisotopic (exact) mass is 359 g/mol. The minimum atomic E-state index is 0.0402. The fraction of sp³-hybridized carbons (Fsp3) is 0.474. The number of pyridine rings is 1. The van der Waals surface area contributed by atoms with Crippen molar-refractivity contribution in [1.29, 1.82) is 0 Å². The van der Waals surface area contributed by atoms with Gasteiger partial charge in [0, 0.05) is 31.2 Å². The van der Waals surface area contributed by atoms with Gasteiger partial charge in [-0.25, -0.2) is 0 Å². The second-order valence-corrected chi connectivity index (χ2v) is 7.45. The summed E-state index contributed by atoms with van der Waals surface area (Å²) in [5.41, 5.74) is 1.10. The Labute approximate surface area is 152 Å². The Bertz CT molecular complexity index is 779. The van der Waals surface area contributed by atoms with Crippen molar-refractivity contribution < 1.29 is 9.53 Å². The van der Waals surface area contributed by atoms with Crippen molar-refractivity contribution in [2.75, 3.05) is 32.8 Å². The molecule has 1 spiro atoms. The van der Waals surface area contributed by atoms with Crippen LogP contribution < -0.4 is 10.1 Å². The molecule has 2 fully saturated rings. The van der Waals surface area contributed by atoms with Crippen LogP contribution in [0.2, 0.25) is 5.02 Å². The van der Waals surface area contributed by atoms with Gasteiger partial charge < -0.3 is 15.0 Å². The summed E-state index contributed by atoms with van der Waals surface area (Å²) >= 11 is 6.20. The molecule has 1 N–H and O–H groups in total. The van der Waals surface area contributed by atoms with Crippen molar-refractivity contribution >= 4 is 28.4 Å². The number of hydrogen-bond acceptors (Lipinski definition) is 4. The van der Waals surface area contributed by atoms with E-state index in [4.69, 9.17) is 16.3 Å². The predicted molar refractivity (Wildman–Crippen MR) is 98.0 cm³/mol. The fourth-order valence-corrected chi connectivity index (χ4v) is 4.13. The van der Waals surface area contributed by atoms with Crippen molar-refractivity contribution in [1.82, 2.24) is 15.2 Å². The van der Waals surface area contributed by atoms with E-state index in [-0.39, 0.29) is 12.5 Å². The lowest BCUT2D eigenvalue weighted by Crippen LogP contribution is -2.45. The molecule has 3 heterocycles. The van der Waals surface area contributed by atoms with Gasteiger partial charge in [0.05, 0.1) is 5.02 Å². The van der Waals surface area contributed by atoms with Crippen LogP contribution in [0.1, 0.15) is 19.3 Å². The molecule has 5 nitrogen and oxygen atoms in total. The number of nitrogens with one attached hydrogen (secondary N) is 1. The molecule has 6 heteroatoms. The molecule has 0 bridgehead atoms. The number of hydrogen-bond donors (Lipinski definition) is 1. The first-order valence-electron chi connectivity index (χ1n) is 8.81. The Hall–Kier alpha value is -1.85. The van der Waals surface area contributed by atoms with Crippen LogP contribution in [0, 0.1) is 5.41 Å². The summed E-state index contributed by atoms with van der Waals surface area (Å²) in [5.74, 6) is 0.640. The number of nitrogens with zero attached hydrogens (tertiary/aromatic N) is 2. The molecule has 1 aromatic heterocycles. The highest BCUT2D eigenvalue weighted by molar-refractivity contribution is 6.35. The zero-order valence-corrected chi connectivity index (χ0v) is 14.9. The highest BCUT2D eigenvalue weighted by Crippen LogP contribution is 2.37. The molecule has 0 unspecified atom stereocenters. The molecule has 2 aliphatic heterocycles. The Morgan fingerprint density at radius 2 is 2.12 bits per heavy atom. The summed E-state index contributed by atoms with van der Waals surface area (Å²) < 4.78 is 5.78. The van der Waals surface area contributed by atoms with Crippen LogP contribution in [0.25, 0.3) is 10.9 Å². The molecule has 1 aromatic carbocycles. The number of benzene rings is 1. The van der Waals surface area contributed by atoms with Crippen molar-refractivity contribution in [2.45, 2.75) is 19.3 Å². The second kappa shape index (κ2) is 6.81. The van der Waals surface area contributed by atoms with E-state index < -0.39 is 0 Å². The van der Waals surface area contributed by atoms with Crippen molar-refractivity contribution in [3.05, 3.63) is 35.5 Å². The van der Waals surface area contributed by atoms with Gasteiger partial charge in [0.1, 0.15) is 11.3 Å². The van der Waals surface area contributed by atoms with Crippen molar-refractivity contribution in [3.63, 3.8) is 0 Å². The third-order valence-electron chi connectivity index (χ3n) is 5.54. The van der Waals surface area contributed by atoms with Crippen molar-refractivity contribution in [3.8, 4) is 5.75 Å². The standard InChI is InChI=1S/C19H22ClN3O2/c20-15-3-4-16(18-14(15)2-1-8-22-18)25-12-17(24)23-10-6-19(7-11-23)5-9-21-13-19/h1-4,8,21H,5-7,9-13H2. The minimum Gasteiger partial charge on any atom is -0.481 e. The van der Waals surface area contributed by atoms with E-state index in [0.717, 1.165) is 44.4 Å². The normalized spacial score (nSPS) is 19.5. The SMILES string of the molecule is O=C(COc1ccc(Cl)c2cccnc12)N1CCC2(CCNC2)CC1. The smallest absolute Gasteiger partial charge is 0.260 e. The van der Waals surface area contributed by atoms with Gasteiger partial charge in [0.25, 0.3) is 5.91 Å². The van der Waals surface area contributed by atoms with Crippen molar-refractivity contribution in [2.24, 2.45) is 5.41 Å². The summed E-state index contributed by atoms with van der Waals surface area (Å²) in [6, 6.07) is 7.30. The Kier molecular flexibility index (Phi) is 4.52. The number of fused-ring (bicyclic) bond motifs is 1. The van der Waals surface area contributed by atoms with Gasteiger partial charge in [-0.15, -0.1) is 0 Å². The molecule has 25 heavy (non-hydrogen) atoms. The second-order valence-electron chi connectivity index (χ2n) is 7.04. The summed E-state index contributed by atoms with van der Waals surface area (Å²) in [6.07, 6.45) is 5.09. The lowest BCUT2D eigenvalue weighted by molar-refractivity contribution is -0.135. The van der Waals surface area contributed by atoms with Gasteiger partial charge in [0.15, 0.2) is 6.61 Å². The van der Waals surface area contributed by atoms with Crippen LogP contribution in [-0.4, -0.2) is 48.6 Å². The first-order chi connectivity index (χ1) is 12.2. The Morgan fingerprint density at radius 3 is 2.88 bits per heavy atom. The van der Waals surface area contributed by atoms with Gasteiger partial charge >= 0.3 is 0 Å². The number of carbonyl (C=O) groups is 1. The van der Waals surface area contributed by atoms with E-state index in [0.29, 0.717) is 21.7 Å². The van der Waals surface area contributed by atoms with E-state index >= 15 is 0 Å². The van der Waals surface area contributed by atoms with Crippen LogP contribution in [0.4, 0.5) is 0 Å². The molecule has 2 saturated heterocycles. The Morgan fingerprint density at radius 1 is 1.28 bits per heavy atom. The quantitative estimate of drug-likeness (QED) is 0.915. The largest absolute Gasteiger partial charge is 0.481 e. The lowest BCUT2D eigenvalue weighted by Gasteiger charge is -2.38. The van der Waals surface area contributed by atoms with Crippen LogP contribution in [0.5, 0.6) is 5.75 Å². The maximum Gasteiger partial charge on any atom is 0.260 e. The molecule has 0 atom stereocenters. The number of carbonyl (C=O) groups excluding carboxylic acids is 1. The number of amides is 1. The number of aromatic nitrogens is 1. The third-order valence-corrected chi connectivity index (χ3v) is 5.87. The summed E-state index contributed by atoms with van der Waals surface area (Å²) in [4.78, 5) is 18.8. The van der Waals surface area contributed by atoms with Gasteiger partial charge in [-0.2, -0.15) is 0 Å². The van der Waals surface area contributed by atoms with Gasteiger partial charge in [-0.3, -0.25) is 9.78 Å². The molecule has 4 rings (SSSR count). The number of rotatable bonds is 3. The minimum absolute atomic E-state index is 0.0402. The molecule has 1 amide bonds. The summed E-state index contributed by atoms with van der Waals surface area (Å²) in [5, 5.41) is 4.92. The van der Waals surface area contributed by atoms with Gasteiger partial charge in [0.2, 0.25) is 0 Å². The zero-order valence-electron chi connectivity index (χ0n) is 14.1. The lowest BCUT2D eigenvalue weighted by atomic mass is 9.78. The molecule has 0 saturated carbocycles. The topological polar surface area (TPSA) is 54.5 Å². The average Bonchev–Trinajstić information content (AvgIpc) is 3.10. The van der Waals surface area contributed by atoms with E-state index in [2.05, 4.69) is 10.3 Å². The molecule has 0 aliphatic carbocycles. The highest BCUT2D eigenvalue weighted by atomic mass is 35.5. The third kappa shape index (κ3) is 3.31. The van der Waals surface area contributed by atoms with Gasteiger partial charge in [-0.05, 0) is 55.5 Å². The number of halogens is 1. The first-order valence-corrected chi connectivity index (χ1v) is 9.19. The van der Waals surface area contributed by atoms with E-state index in [1.807, 2.05) is 17.0 Å². The maximum atomic E-state index is 12.5. The number of piperidine rings is 1. The van der Waals surface area contributed by atoms with Crippen LogP contribution in [0.15, 0.2) is 30.5 Å². The molecule has 132 valence electrons. The molecular formula is C19H22ClN3O2. The van der Waals surface area contributed by atoms with Gasteiger partial charge in [-0.1, -0.05) is 11.6 Å². The van der Waals surface area contributed by atoms with Crippen LogP contribution in [0.3, 0.4) is 0 Å². The predicted octanol–water partition coefficient (Wildman–Crippen LogP) is 2.87. The summed E-state index contributed by atoms with van der Waals surface area (Å²) in [6.45, 7) is 3.88.